The van der Waals surface area contributed by atoms with Crippen molar-refractivity contribution in [3.8, 4) is 17.2 Å². The number of Topliss-reactive ketones (excluding diaryl/α,β-unsaturated/α-hetero) is 2. The number of carbonyl (C=O) groups excluding carboxylic acids is 2. The number of hydrogen-bond acceptors (Lipinski definition) is 5. The molecule has 0 amide bonds. The molecule has 0 aliphatic rings. The fraction of sp³-hybridized carbons (Fsp3) is 0.217. The fourth-order valence-corrected chi connectivity index (χ4v) is 2.10. The molecule has 0 bridgehead atoms. The third-order valence-corrected chi connectivity index (χ3v) is 3.95. The molecule has 0 saturated carbocycles. The lowest BCUT2D eigenvalue weighted by Crippen LogP contribution is -2.21. The fourth-order valence-electron chi connectivity index (χ4n) is 2.10. The Kier molecular flexibility index (Phi) is 7.47. The van der Waals surface area contributed by atoms with E-state index >= 15 is 0 Å². The van der Waals surface area contributed by atoms with Gasteiger partial charge in [-0.05, 0) is 73.5 Å². The monoisotopic (exact) mass is 416 g/mol. The van der Waals surface area contributed by atoms with Crippen molar-refractivity contribution in [2.24, 2.45) is 0 Å². The molecule has 0 radical (unpaired) electrons. The summed E-state index contributed by atoms with van der Waals surface area (Å²) in [7, 11) is 0. The number of ketones is 2. The second-order valence-corrected chi connectivity index (χ2v) is 6.60. The number of rotatable bonds is 11. The van der Waals surface area contributed by atoms with Gasteiger partial charge in [0.1, 0.15) is 17.2 Å². The second-order valence-electron chi connectivity index (χ2n) is 6.60. The first-order valence-corrected chi connectivity index (χ1v) is 8.99. The molecule has 2 aromatic rings. The van der Waals surface area contributed by atoms with Crippen LogP contribution in [0.4, 0.5) is 8.78 Å². The first-order valence-electron chi connectivity index (χ1n) is 8.99. The van der Waals surface area contributed by atoms with Gasteiger partial charge in [0.25, 0.3) is 0 Å². The van der Waals surface area contributed by atoms with Crippen molar-refractivity contribution in [2.75, 3.05) is 13.2 Å². The minimum absolute atomic E-state index is 0.0778. The Labute approximate surface area is 173 Å². The van der Waals surface area contributed by atoms with Gasteiger partial charge in [-0.3, -0.25) is 9.59 Å². The topological polar surface area (TPSA) is 61.8 Å². The molecule has 7 heteroatoms. The Morgan fingerprint density at radius 3 is 1.53 bits per heavy atom. The lowest BCUT2D eigenvalue weighted by Gasteiger charge is -2.19. The van der Waals surface area contributed by atoms with Crippen molar-refractivity contribution in [1.82, 2.24) is 0 Å². The van der Waals surface area contributed by atoms with E-state index in [1.807, 2.05) is 0 Å². The predicted molar refractivity (Wildman–Crippen MR) is 108 cm³/mol. The van der Waals surface area contributed by atoms with Crippen LogP contribution in [0, 0.1) is 0 Å². The molecule has 158 valence electrons. The zero-order chi connectivity index (χ0) is 22.3. The van der Waals surface area contributed by atoms with Crippen LogP contribution in [0.3, 0.4) is 0 Å². The molecule has 0 aromatic heterocycles. The standard InChI is InChI=1S/C23H22F2O5/c1-15(2)21(26)13-28-18-7-5-17(6-8-18)23(24,25)30-20-11-9-19(10-12-20)29-14-22(27)16(3)4/h5-12H,1,3,13-14H2,2,4H3. The summed E-state index contributed by atoms with van der Waals surface area (Å²) in [5.74, 6) is 0.00873. The zero-order valence-corrected chi connectivity index (χ0v) is 16.7. The lowest BCUT2D eigenvalue weighted by molar-refractivity contribution is -0.185. The molecule has 0 heterocycles. The Balaban J connectivity index is 1.97. The normalized spacial score (nSPS) is 10.8. The smallest absolute Gasteiger partial charge is 0.426 e. The Morgan fingerprint density at radius 2 is 1.13 bits per heavy atom. The summed E-state index contributed by atoms with van der Waals surface area (Å²) in [4.78, 5) is 23.0. The van der Waals surface area contributed by atoms with Gasteiger partial charge in [0, 0.05) is 0 Å². The molecule has 5 nitrogen and oxygen atoms in total. The van der Waals surface area contributed by atoms with Gasteiger partial charge >= 0.3 is 6.11 Å². The first kappa shape index (κ1) is 22.8. The van der Waals surface area contributed by atoms with Crippen molar-refractivity contribution >= 4 is 11.6 Å². The number of halogens is 2. The summed E-state index contributed by atoms with van der Waals surface area (Å²) in [5.41, 5.74) is 0.340. The highest BCUT2D eigenvalue weighted by molar-refractivity contribution is 5.95. The second kappa shape index (κ2) is 9.82. The molecule has 0 aliphatic heterocycles. The number of carbonyl (C=O) groups is 2. The van der Waals surface area contributed by atoms with Crippen LogP contribution in [0.5, 0.6) is 17.2 Å². The molecular weight excluding hydrogens is 394 g/mol. The van der Waals surface area contributed by atoms with Gasteiger partial charge in [0.2, 0.25) is 0 Å². The van der Waals surface area contributed by atoms with E-state index < -0.39 is 6.11 Å². The maximum absolute atomic E-state index is 14.4. The van der Waals surface area contributed by atoms with Crippen molar-refractivity contribution in [1.29, 1.82) is 0 Å². The Bertz CT molecular complexity index is 931. The summed E-state index contributed by atoms with van der Waals surface area (Å²) in [6, 6.07) is 10.4. The van der Waals surface area contributed by atoms with E-state index in [2.05, 4.69) is 13.2 Å². The maximum atomic E-state index is 14.4. The van der Waals surface area contributed by atoms with Gasteiger partial charge in [-0.2, -0.15) is 8.78 Å². The van der Waals surface area contributed by atoms with E-state index in [0.717, 1.165) is 12.1 Å². The quantitative estimate of drug-likeness (QED) is 0.490. The largest absolute Gasteiger partial charge is 0.485 e. The molecular formula is C23H22F2O5. The molecule has 0 fully saturated rings. The van der Waals surface area contributed by atoms with Gasteiger partial charge in [0.05, 0.1) is 5.56 Å². The first-order chi connectivity index (χ1) is 14.1. The van der Waals surface area contributed by atoms with Gasteiger partial charge < -0.3 is 14.2 Å². The molecule has 0 atom stereocenters. The number of benzene rings is 2. The van der Waals surface area contributed by atoms with Gasteiger partial charge in [-0.25, -0.2) is 0 Å². The highest BCUT2D eigenvalue weighted by Gasteiger charge is 2.34. The third-order valence-electron chi connectivity index (χ3n) is 3.95. The van der Waals surface area contributed by atoms with Gasteiger partial charge in [0.15, 0.2) is 24.8 Å². The summed E-state index contributed by atoms with van der Waals surface area (Å²) in [6.07, 6.45) is -3.59. The predicted octanol–water partition coefficient (Wildman–Crippen LogP) is 4.86. The van der Waals surface area contributed by atoms with Gasteiger partial charge in [-0.15, -0.1) is 0 Å². The van der Waals surface area contributed by atoms with E-state index in [0.29, 0.717) is 16.9 Å². The Hall–Kier alpha value is -3.48. The highest BCUT2D eigenvalue weighted by Crippen LogP contribution is 2.33. The average Bonchev–Trinajstić information content (AvgIpc) is 2.71. The SMILES string of the molecule is C=C(C)C(=O)COc1ccc(OC(F)(F)c2ccc(OCC(=O)C(=C)C)cc2)cc1. The summed E-state index contributed by atoms with van der Waals surface area (Å²) >= 11 is 0. The lowest BCUT2D eigenvalue weighted by atomic mass is 10.2. The molecule has 0 N–H and O–H groups in total. The molecule has 0 unspecified atom stereocenters. The van der Waals surface area contributed by atoms with Crippen LogP contribution in [0.25, 0.3) is 0 Å². The highest BCUT2D eigenvalue weighted by atomic mass is 19.3. The van der Waals surface area contributed by atoms with Crippen LogP contribution in [0.1, 0.15) is 19.4 Å². The van der Waals surface area contributed by atoms with Crippen molar-refractivity contribution in [3.05, 3.63) is 78.4 Å². The van der Waals surface area contributed by atoms with E-state index in [4.69, 9.17) is 14.2 Å². The molecule has 0 saturated heterocycles. The summed E-state index contributed by atoms with van der Waals surface area (Å²) < 4.78 is 44.2. The molecule has 2 rings (SSSR count). The molecule has 0 spiro atoms. The van der Waals surface area contributed by atoms with E-state index in [1.165, 1.54) is 36.4 Å². The van der Waals surface area contributed by atoms with Crippen LogP contribution in [0.2, 0.25) is 0 Å². The Morgan fingerprint density at radius 1 is 0.767 bits per heavy atom. The minimum atomic E-state index is -3.59. The number of ether oxygens (including phenoxy) is 3. The molecule has 30 heavy (non-hydrogen) atoms. The van der Waals surface area contributed by atoms with Gasteiger partial charge in [-0.1, -0.05) is 13.2 Å². The van der Waals surface area contributed by atoms with Crippen LogP contribution in [-0.2, 0) is 15.7 Å². The van der Waals surface area contributed by atoms with E-state index in [1.54, 1.807) is 13.8 Å². The van der Waals surface area contributed by atoms with E-state index in [9.17, 15) is 18.4 Å². The van der Waals surface area contributed by atoms with Crippen molar-refractivity contribution < 1.29 is 32.6 Å². The van der Waals surface area contributed by atoms with Crippen molar-refractivity contribution in [2.45, 2.75) is 20.0 Å². The van der Waals surface area contributed by atoms with Crippen LogP contribution in [0.15, 0.2) is 72.8 Å². The van der Waals surface area contributed by atoms with Crippen LogP contribution in [-0.4, -0.2) is 24.8 Å². The van der Waals surface area contributed by atoms with Crippen LogP contribution < -0.4 is 14.2 Å². The minimum Gasteiger partial charge on any atom is -0.485 e. The number of hydrogen-bond donors (Lipinski definition) is 0. The third kappa shape index (κ3) is 6.55. The molecule has 0 aliphatic carbocycles. The van der Waals surface area contributed by atoms with Crippen molar-refractivity contribution in [3.63, 3.8) is 0 Å². The average molecular weight is 416 g/mol. The summed E-state index contributed by atoms with van der Waals surface area (Å²) in [5, 5.41) is 0. The number of alkyl halides is 2. The molecule has 2 aromatic carbocycles. The van der Waals surface area contributed by atoms with E-state index in [-0.39, 0.29) is 41.8 Å². The zero-order valence-electron chi connectivity index (χ0n) is 16.7. The maximum Gasteiger partial charge on any atom is 0.426 e. The van der Waals surface area contributed by atoms with Crippen LogP contribution >= 0.6 is 0 Å². The summed E-state index contributed by atoms with van der Waals surface area (Å²) in [6.45, 7) is 9.77.